The summed E-state index contributed by atoms with van der Waals surface area (Å²) >= 11 is 1.14. The molecule has 0 aromatic rings. The van der Waals surface area contributed by atoms with E-state index in [9.17, 15) is 4.21 Å². The van der Waals surface area contributed by atoms with Gasteiger partial charge in [-0.3, -0.25) is 0 Å². The molecule has 0 aromatic carbocycles. The minimum Gasteiger partial charge on any atom is -0.312 e. The summed E-state index contributed by atoms with van der Waals surface area (Å²) in [6.45, 7) is 0. The Bertz CT molecular complexity index is 284. The standard InChI is InChI=1S/C4H5NO2S2/c1-9(6,7)4-5-2-3-8-4/h3H,1H3,(H,6,7). The molecule has 1 heterocycles. The zero-order valence-electron chi connectivity index (χ0n) is 4.70. The van der Waals surface area contributed by atoms with Crippen molar-refractivity contribution in [2.45, 2.75) is 0 Å². The van der Waals surface area contributed by atoms with E-state index in [1.165, 1.54) is 6.26 Å². The molecule has 0 aromatic heterocycles. The maximum atomic E-state index is 10.7. The van der Waals surface area contributed by atoms with Crippen LogP contribution >= 0.6 is 11.8 Å². The van der Waals surface area contributed by atoms with Crippen molar-refractivity contribution in [3.63, 3.8) is 0 Å². The van der Waals surface area contributed by atoms with Gasteiger partial charge in [0.1, 0.15) is 9.80 Å². The zero-order valence-corrected chi connectivity index (χ0v) is 6.33. The lowest BCUT2D eigenvalue weighted by Gasteiger charge is -1.93. The van der Waals surface area contributed by atoms with E-state index in [1.54, 1.807) is 5.41 Å². The molecule has 0 saturated carbocycles. The third-order valence-corrected chi connectivity index (χ3v) is 3.16. The highest BCUT2D eigenvalue weighted by Gasteiger charge is 2.06. The topological polar surface area (TPSA) is 49.7 Å². The van der Waals surface area contributed by atoms with E-state index in [2.05, 4.69) is 10.9 Å². The lowest BCUT2D eigenvalue weighted by Crippen LogP contribution is -2.03. The molecule has 0 amide bonds. The van der Waals surface area contributed by atoms with Crippen LogP contribution in [0.15, 0.2) is 10.4 Å². The van der Waals surface area contributed by atoms with Crippen molar-refractivity contribution >= 4 is 31.8 Å². The molecule has 0 saturated heterocycles. The predicted octanol–water partition coefficient (Wildman–Crippen LogP) is 0.391. The minimum absolute atomic E-state index is 0.238. The molecule has 9 heavy (non-hydrogen) atoms. The van der Waals surface area contributed by atoms with Crippen LogP contribution in [0.5, 0.6) is 0 Å². The second-order valence-corrected chi connectivity index (χ2v) is 4.65. The van der Waals surface area contributed by atoms with Gasteiger partial charge in [-0.05, 0) is 5.87 Å². The van der Waals surface area contributed by atoms with Gasteiger partial charge in [0, 0.05) is 11.7 Å². The molecule has 1 atom stereocenters. The normalized spacial score (nSPS) is 22.7. The number of nitrogens with zero attached hydrogens (tertiary/aromatic N) is 1. The first-order valence-electron chi connectivity index (χ1n) is 2.14. The fourth-order valence-electron chi connectivity index (χ4n) is 0.356. The van der Waals surface area contributed by atoms with Crippen LogP contribution in [0.2, 0.25) is 0 Å². The molecular formula is C4H5NO2S2. The van der Waals surface area contributed by atoms with Gasteiger partial charge < -0.3 is 4.55 Å². The second kappa shape index (κ2) is 2.19. The Morgan fingerprint density at radius 1 is 2.00 bits per heavy atom. The number of hydrogen-bond acceptors (Lipinski definition) is 2. The molecule has 1 aliphatic rings. The largest absolute Gasteiger partial charge is 0.312 e. The molecule has 1 unspecified atom stereocenters. The maximum absolute atomic E-state index is 10.7. The molecule has 1 rings (SSSR count). The Kier molecular flexibility index (Phi) is 1.68. The fourth-order valence-corrected chi connectivity index (χ4v) is 1.75. The highest BCUT2D eigenvalue weighted by atomic mass is 32.2. The van der Waals surface area contributed by atoms with Crippen molar-refractivity contribution in [2.75, 3.05) is 6.26 Å². The summed E-state index contributed by atoms with van der Waals surface area (Å²) < 4.78 is 19.8. The Morgan fingerprint density at radius 2 is 2.67 bits per heavy atom. The molecule has 1 N–H and O–H groups in total. The molecule has 0 fully saturated rings. The number of rotatable bonds is 0. The van der Waals surface area contributed by atoms with Gasteiger partial charge in [0.2, 0.25) is 0 Å². The first-order chi connectivity index (χ1) is 4.11. The summed E-state index contributed by atoms with van der Waals surface area (Å²) in [5.74, 6) is 2.47. The monoisotopic (exact) mass is 163 g/mol. The molecule has 0 aliphatic carbocycles. The quantitative estimate of drug-likeness (QED) is 0.525. The Balaban J connectivity index is 3.16. The average molecular weight is 163 g/mol. The average Bonchev–Trinajstić information content (AvgIpc) is 2.08. The van der Waals surface area contributed by atoms with Gasteiger partial charge >= 0.3 is 0 Å². The molecular weight excluding hydrogens is 158 g/mol. The smallest absolute Gasteiger partial charge is 0.187 e. The van der Waals surface area contributed by atoms with E-state index in [0.29, 0.717) is 0 Å². The molecule has 0 spiro atoms. The van der Waals surface area contributed by atoms with Crippen LogP contribution in [0.1, 0.15) is 0 Å². The van der Waals surface area contributed by atoms with Crippen LogP contribution in [0.25, 0.3) is 0 Å². The second-order valence-electron chi connectivity index (χ2n) is 1.55. The number of aliphatic imine (C=N–C) groups is 1. The first kappa shape index (κ1) is 6.89. The Hall–Kier alpha value is -0.220. The van der Waals surface area contributed by atoms with Gasteiger partial charge in [0.15, 0.2) is 4.32 Å². The minimum atomic E-state index is -2.83. The third-order valence-electron chi connectivity index (χ3n) is 0.692. The Morgan fingerprint density at radius 3 is 2.89 bits per heavy atom. The highest BCUT2D eigenvalue weighted by Crippen LogP contribution is 2.11. The maximum Gasteiger partial charge on any atom is 0.187 e. The fraction of sp³-hybridized carbons (Fsp3) is 0.250. The summed E-state index contributed by atoms with van der Waals surface area (Å²) in [5.41, 5.74) is 0. The van der Waals surface area contributed by atoms with Crippen molar-refractivity contribution in [3.8, 4) is 0 Å². The third kappa shape index (κ3) is 1.59. The van der Waals surface area contributed by atoms with Gasteiger partial charge in [-0.1, -0.05) is 11.8 Å². The Labute approximate surface area is 57.7 Å². The van der Waals surface area contributed by atoms with Crippen LogP contribution in [0.3, 0.4) is 0 Å². The highest BCUT2D eigenvalue weighted by molar-refractivity contribution is 8.28. The number of thioether (sulfide) groups is 1. The van der Waals surface area contributed by atoms with Gasteiger partial charge in [-0.15, -0.1) is 0 Å². The number of hydrogen-bond donors (Lipinski definition) is 1. The van der Waals surface area contributed by atoms with Crippen LogP contribution in [0.4, 0.5) is 0 Å². The van der Waals surface area contributed by atoms with Gasteiger partial charge in [0.25, 0.3) is 0 Å². The van der Waals surface area contributed by atoms with Gasteiger partial charge in [-0.25, -0.2) is 4.21 Å². The predicted molar refractivity (Wildman–Crippen MR) is 41.3 cm³/mol. The van der Waals surface area contributed by atoms with Gasteiger partial charge in [0.05, 0.1) is 0 Å². The van der Waals surface area contributed by atoms with Crippen molar-refractivity contribution in [3.05, 3.63) is 5.41 Å². The van der Waals surface area contributed by atoms with Crippen LogP contribution < -0.4 is 0 Å². The lowest BCUT2D eigenvalue weighted by atomic mass is 11.1. The molecule has 50 valence electrons. The molecule has 0 radical (unpaired) electrons. The van der Waals surface area contributed by atoms with Gasteiger partial charge in [-0.2, -0.15) is 4.99 Å². The van der Waals surface area contributed by atoms with E-state index >= 15 is 0 Å². The van der Waals surface area contributed by atoms with E-state index in [0.717, 1.165) is 11.8 Å². The summed E-state index contributed by atoms with van der Waals surface area (Å²) in [6, 6.07) is 0. The summed E-state index contributed by atoms with van der Waals surface area (Å²) in [5, 5.41) is 1.55. The van der Waals surface area contributed by atoms with E-state index in [4.69, 9.17) is 4.55 Å². The lowest BCUT2D eigenvalue weighted by molar-refractivity contribution is 0.566. The zero-order chi connectivity index (χ0) is 6.91. The van der Waals surface area contributed by atoms with Crippen molar-refractivity contribution in [1.29, 1.82) is 0 Å². The molecule has 3 nitrogen and oxygen atoms in total. The molecule has 1 aliphatic heterocycles. The summed E-state index contributed by atoms with van der Waals surface area (Å²) in [7, 11) is -2.83. The molecule has 5 heteroatoms. The summed E-state index contributed by atoms with van der Waals surface area (Å²) in [4.78, 5) is 3.56. The van der Waals surface area contributed by atoms with Crippen molar-refractivity contribution in [2.24, 2.45) is 4.99 Å². The van der Waals surface area contributed by atoms with E-state index in [1.807, 2.05) is 0 Å². The van der Waals surface area contributed by atoms with E-state index in [-0.39, 0.29) is 4.32 Å². The SMILES string of the molecule is CS(=O)(O)=C1N=C=CS1. The summed E-state index contributed by atoms with van der Waals surface area (Å²) in [6.07, 6.45) is 1.24. The van der Waals surface area contributed by atoms with Crippen LogP contribution in [0, 0.1) is 0 Å². The first-order valence-corrected chi connectivity index (χ1v) is 4.94. The van der Waals surface area contributed by atoms with Crippen molar-refractivity contribution in [1.82, 2.24) is 0 Å². The molecule has 0 bridgehead atoms. The van der Waals surface area contributed by atoms with Crippen molar-refractivity contribution < 1.29 is 8.76 Å². The van der Waals surface area contributed by atoms with E-state index < -0.39 is 9.80 Å². The van der Waals surface area contributed by atoms with Crippen LogP contribution in [-0.2, 0) is 9.80 Å². The van der Waals surface area contributed by atoms with Crippen LogP contribution in [-0.4, -0.2) is 25.2 Å².